The summed E-state index contributed by atoms with van der Waals surface area (Å²) in [5.74, 6) is 0. The molecule has 0 heterocycles. The molecule has 0 spiro atoms. The second kappa shape index (κ2) is 14.8. The molecule has 0 aliphatic carbocycles. The van der Waals surface area contributed by atoms with Crippen molar-refractivity contribution in [3.05, 3.63) is 0 Å². The van der Waals surface area contributed by atoms with E-state index >= 15 is 0 Å². The average molecular weight is 806 g/mol. The van der Waals surface area contributed by atoms with Gasteiger partial charge in [0.15, 0.2) is 0 Å². The summed E-state index contributed by atoms with van der Waals surface area (Å²) in [5, 5.41) is 0. The van der Waals surface area contributed by atoms with Crippen molar-refractivity contribution in [1.82, 2.24) is 0 Å². The first-order valence-corrected chi connectivity index (χ1v) is 12.0. The maximum atomic E-state index is 9.29. The quantitative estimate of drug-likeness (QED) is 0.178. The van der Waals surface area contributed by atoms with E-state index in [4.69, 9.17) is 0 Å². The molecule has 0 fully saturated rings. The topological polar surface area (TPSA) is 371 Å². The largest absolute Gasteiger partial charge is 3.00 e. The summed E-state index contributed by atoms with van der Waals surface area (Å²) in [5.41, 5.74) is 0. The summed E-state index contributed by atoms with van der Waals surface area (Å²) in [6.45, 7) is 0. The van der Waals surface area contributed by atoms with Crippen LogP contribution >= 0.6 is 0 Å². The Kier molecular flexibility index (Phi) is 20.9. The fourth-order valence-corrected chi connectivity index (χ4v) is 2.76. The molecule has 0 atom stereocenters. The van der Waals surface area contributed by atoms with Crippen molar-refractivity contribution in [2.24, 2.45) is 0 Å². The van der Waals surface area contributed by atoms with E-state index in [1.54, 1.807) is 0 Å². The minimum atomic E-state index is -5.43. The monoisotopic (exact) mass is 806 g/mol. The minimum absolute atomic E-state index is 0. The Bertz CT molecular complexity index is 854. The molecule has 0 radical (unpaired) electrons. The molecule has 0 saturated heterocycles. The van der Waals surface area contributed by atoms with E-state index in [1.165, 1.54) is 0 Å². The Morgan fingerprint density at radius 2 is 0.379 bits per heavy atom. The van der Waals surface area contributed by atoms with Crippen molar-refractivity contribution in [2.45, 2.75) is 0 Å². The molecule has 0 bridgehead atoms. The molecule has 29 heteroatoms. The first kappa shape index (κ1) is 41.0. The van der Waals surface area contributed by atoms with E-state index in [0.717, 1.165) is 0 Å². The zero-order valence-electron chi connectivity index (χ0n) is 12.2. The van der Waals surface area contributed by atoms with E-state index < -0.39 is 62.4 Å². The van der Waals surface area contributed by atoms with Crippen LogP contribution < -0.4 is 0 Å². The van der Waals surface area contributed by atoms with Gasteiger partial charge in [0.05, 0.1) is 0 Å². The van der Waals surface area contributed by atoms with Gasteiger partial charge in [-0.2, -0.15) is 10.9 Å². The van der Waals surface area contributed by atoms with E-state index in [2.05, 4.69) is 10.9 Å². The second-order valence-electron chi connectivity index (χ2n) is 2.65. The normalized spacial score (nSPS) is 12.6. The Morgan fingerprint density at radius 3 is 0.379 bits per heavy atom. The third-order valence-corrected chi connectivity index (χ3v) is 4.50. The number of rotatable bonds is 6. The molecule has 0 aromatic carbocycles. The van der Waals surface area contributed by atoms with Gasteiger partial charge >= 0.3 is 71.2 Å². The Labute approximate surface area is 219 Å². The van der Waals surface area contributed by atoms with Gasteiger partial charge < -0.3 is 27.3 Å². The molecule has 0 rings (SSSR count). The van der Waals surface area contributed by atoms with Crippen LogP contribution in [-0.2, 0) is 73.3 Å². The van der Waals surface area contributed by atoms with Gasteiger partial charge in [0, 0.05) is 0 Å². The minimum Gasteiger partial charge on any atom is -0.725 e. The molecule has 0 aliphatic heterocycles. The van der Waals surface area contributed by atoms with Gasteiger partial charge in [0.1, 0.15) is 0 Å². The van der Waals surface area contributed by atoms with Crippen LogP contribution in [0.3, 0.4) is 0 Å². The molecule has 0 unspecified atom stereocenters. The first-order chi connectivity index (χ1) is 11.1. The van der Waals surface area contributed by atoms with Crippen molar-refractivity contribution < 1.29 is 160 Å². The molecule has 168 valence electrons. The van der Waals surface area contributed by atoms with Crippen molar-refractivity contribution in [1.29, 1.82) is 0 Å². The molecule has 29 heavy (non-hydrogen) atoms. The van der Waals surface area contributed by atoms with Crippen molar-refractivity contribution in [3.8, 4) is 0 Å². The maximum absolute atomic E-state index is 9.29. The van der Waals surface area contributed by atoms with Crippen LogP contribution in [0.15, 0.2) is 0 Å². The predicted molar refractivity (Wildman–Crippen MR) is 61.4 cm³/mol. The summed E-state index contributed by atoms with van der Waals surface area (Å²) >= 11 is 0. The van der Waals surface area contributed by atoms with Crippen LogP contribution in [0.1, 0.15) is 0 Å². The molecule has 0 aromatic heterocycles. The van der Waals surface area contributed by atoms with Crippen molar-refractivity contribution in [2.75, 3.05) is 0 Å². The van der Waals surface area contributed by atoms with Crippen LogP contribution in [-0.4, -0.2) is 77.8 Å². The van der Waals surface area contributed by atoms with Gasteiger partial charge in [-0.3, -0.25) is 0 Å². The summed E-state index contributed by atoms with van der Waals surface area (Å²) in [7, 11) is -32.6. The average Bonchev–Trinajstić information content (AvgIpc) is 1.96. The first-order valence-electron chi connectivity index (χ1n) is 4.00. The molecule has 0 saturated carbocycles. The van der Waals surface area contributed by atoms with Gasteiger partial charge in [0.25, 0.3) is 0 Å². The SMILES string of the molecule is O=S(=O)([O-])OS(=O)(=O)[O-].O=S(=O)([O-])OS(=O)(=O)[O-].O=S(=O)([O-])OS(=O)(=O)[O-].[La+3].[La+3]. The molecule has 0 aromatic rings. The van der Waals surface area contributed by atoms with E-state index in [9.17, 15) is 77.8 Å². The van der Waals surface area contributed by atoms with Gasteiger partial charge in [-0.15, -0.1) is 0 Å². The summed E-state index contributed by atoms with van der Waals surface area (Å²) in [6, 6.07) is 0. The molecule has 21 nitrogen and oxygen atoms in total. The van der Waals surface area contributed by atoms with E-state index in [0.29, 0.717) is 0 Å². The van der Waals surface area contributed by atoms with Gasteiger partial charge in [0.2, 0.25) is 62.4 Å². The maximum Gasteiger partial charge on any atom is 3.00 e. The van der Waals surface area contributed by atoms with Gasteiger partial charge in [-0.05, 0) is 0 Å². The van der Waals surface area contributed by atoms with Crippen LogP contribution in [0.25, 0.3) is 0 Å². The molecular weight excluding hydrogens is 806 g/mol. The van der Waals surface area contributed by atoms with Crippen molar-refractivity contribution >= 4 is 62.4 Å². The van der Waals surface area contributed by atoms with Gasteiger partial charge in [-0.25, -0.2) is 50.5 Å². The summed E-state index contributed by atoms with van der Waals surface area (Å²) in [6.07, 6.45) is 0. The van der Waals surface area contributed by atoms with E-state index in [-0.39, 0.29) is 71.2 Å². The fourth-order valence-electron chi connectivity index (χ4n) is 0.306. The van der Waals surface area contributed by atoms with Crippen LogP contribution in [0.4, 0.5) is 0 Å². The summed E-state index contributed by atoms with van der Waals surface area (Å²) < 4.78 is 175. The molecule has 0 amide bonds. The Hall–Kier alpha value is 1.73. The Morgan fingerprint density at radius 1 is 0.310 bits per heavy atom. The molecular formula is La2O21S6. The fraction of sp³-hybridized carbons (Fsp3) is 0. The predicted octanol–water partition coefficient (Wildman–Crippen LogP) is -6.23. The second-order valence-corrected chi connectivity index (χ2v) is 9.19. The zero-order chi connectivity index (χ0) is 23.1. The third-order valence-electron chi connectivity index (χ3n) is 0.500. The smallest absolute Gasteiger partial charge is 0.725 e. The third kappa shape index (κ3) is 58.7. The van der Waals surface area contributed by atoms with Crippen LogP contribution in [0.2, 0.25) is 0 Å². The molecule has 0 N–H and O–H groups in total. The molecule has 0 aliphatic rings. The number of hydrogen-bond acceptors (Lipinski definition) is 21. The zero-order valence-corrected chi connectivity index (χ0v) is 24.3. The number of hydrogen-bond donors (Lipinski definition) is 0. The van der Waals surface area contributed by atoms with Crippen molar-refractivity contribution in [3.63, 3.8) is 0 Å². The van der Waals surface area contributed by atoms with Gasteiger partial charge in [-0.1, -0.05) is 0 Å². The van der Waals surface area contributed by atoms with Crippen LogP contribution in [0, 0.1) is 71.2 Å². The van der Waals surface area contributed by atoms with E-state index in [1.807, 2.05) is 0 Å². The van der Waals surface area contributed by atoms with Crippen LogP contribution in [0.5, 0.6) is 0 Å². The Balaban J connectivity index is -0.0000000960. The summed E-state index contributed by atoms with van der Waals surface area (Å²) in [4.78, 5) is 0. The standard InChI is InChI=1S/2La.3H2O7S2/c;;3*1-8(2,3)7-9(4,5)6/h;;3*(H,1,2,3)(H,4,5,6)/q2*+3;;;/p-6.